The Labute approximate surface area is 135 Å². The Morgan fingerprint density at radius 3 is 2.86 bits per heavy atom. The van der Waals surface area contributed by atoms with Crippen molar-refractivity contribution < 1.29 is 9.90 Å². The summed E-state index contributed by atoms with van der Waals surface area (Å²) in [5, 5.41) is 14.4. The number of rotatable bonds is 5. The summed E-state index contributed by atoms with van der Waals surface area (Å²) in [7, 11) is 0. The minimum absolute atomic E-state index is 0.154. The summed E-state index contributed by atoms with van der Waals surface area (Å²) in [6, 6.07) is 11.9. The van der Waals surface area contributed by atoms with Crippen LogP contribution < -0.4 is 0 Å². The van der Waals surface area contributed by atoms with Crippen LogP contribution in [-0.2, 0) is 11.2 Å². The van der Waals surface area contributed by atoms with Crippen molar-refractivity contribution >= 4 is 17.2 Å². The highest BCUT2D eigenvalue weighted by Gasteiger charge is 2.30. The molecular formula is C18H21NO2S. The normalized spacial score (nSPS) is 19.3. The largest absolute Gasteiger partial charge is 0.388 e. The highest BCUT2D eigenvalue weighted by molar-refractivity contribution is 7.07. The molecule has 2 atom stereocenters. The van der Waals surface area contributed by atoms with Gasteiger partial charge in [0.2, 0.25) is 5.91 Å². The summed E-state index contributed by atoms with van der Waals surface area (Å²) >= 11 is 1.62. The fourth-order valence-electron chi connectivity index (χ4n) is 3.15. The van der Waals surface area contributed by atoms with Gasteiger partial charge >= 0.3 is 0 Å². The minimum atomic E-state index is -0.499. The summed E-state index contributed by atoms with van der Waals surface area (Å²) in [6.45, 7) is 0.815. The van der Waals surface area contributed by atoms with Gasteiger partial charge in [0.05, 0.1) is 12.5 Å². The smallest absolute Gasteiger partial charge is 0.227 e. The second kappa shape index (κ2) is 7.07. The van der Waals surface area contributed by atoms with E-state index in [2.05, 4.69) is 0 Å². The molecule has 22 heavy (non-hydrogen) atoms. The number of amides is 1. The molecule has 3 rings (SSSR count). The molecule has 1 saturated heterocycles. The number of nitrogens with zero attached hydrogens (tertiary/aromatic N) is 1. The van der Waals surface area contributed by atoms with Crippen LogP contribution in [0, 0.1) is 0 Å². The van der Waals surface area contributed by atoms with Gasteiger partial charge in [-0.1, -0.05) is 30.3 Å². The summed E-state index contributed by atoms with van der Waals surface area (Å²) in [5.41, 5.74) is 2.02. The molecule has 1 N–H and O–H groups in total. The third-order valence-corrected chi connectivity index (χ3v) is 5.04. The third-order valence-electron chi connectivity index (χ3n) is 4.31. The molecule has 3 nitrogen and oxygen atoms in total. The molecule has 1 aliphatic heterocycles. The Bertz CT molecular complexity index is 597. The number of hydrogen-bond donors (Lipinski definition) is 1. The summed E-state index contributed by atoms with van der Waals surface area (Å²) in [5.74, 6) is 0.182. The van der Waals surface area contributed by atoms with Crippen LogP contribution in [0.4, 0.5) is 0 Å². The van der Waals surface area contributed by atoms with E-state index in [1.165, 1.54) is 0 Å². The van der Waals surface area contributed by atoms with Crippen molar-refractivity contribution in [3.05, 3.63) is 58.3 Å². The maximum Gasteiger partial charge on any atom is 0.227 e. The van der Waals surface area contributed by atoms with Gasteiger partial charge in [0.15, 0.2) is 0 Å². The van der Waals surface area contributed by atoms with Crippen LogP contribution >= 0.6 is 11.3 Å². The molecule has 1 aromatic carbocycles. The Hall–Kier alpha value is -1.65. The highest BCUT2D eigenvalue weighted by Crippen LogP contribution is 2.28. The summed E-state index contributed by atoms with van der Waals surface area (Å²) in [4.78, 5) is 14.5. The predicted molar refractivity (Wildman–Crippen MR) is 88.8 cm³/mol. The van der Waals surface area contributed by atoms with Crippen molar-refractivity contribution in [1.29, 1.82) is 0 Å². The summed E-state index contributed by atoms with van der Waals surface area (Å²) < 4.78 is 0. The van der Waals surface area contributed by atoms with E-state index in [1.54, 1.807) is 11.3 Å². The van der Waals surface area contributed by atoms with E-state index >= 15 is 0 Å². The van der Waals surface area contributed by atoms with Crippen LogP contribution in [0.3, 0.4) is 0 Å². The number of hydrogen-bond acceptors (Lipinski definition) is 3. The first-order valence-corrected chi connectivity index (χ1v) is 8.72. The van der Waals surface area contributed by atoms with Gasteiger partial charge in [0, 0.05) is 12.6 Å². The molecule has 0 spiro atoms. The van der Waals surface area contributed by atoms with E-state index in [0.717, 1.165) is 30.5 Å². The number of carbonyl (C=O) groups excluding carboxylic acids is 1. The molecule has 1 fully saturated rings. The second-order valence-electron chi connectivity index (χ2n) is 5.85. The molecular weight excluding hydrogens is 294 g/mol. The molecule has 0 aliphatic carbocycles. The Morgan fingerprint density at radius 2 is 2.14 bits per heavy atom. The standard InChI is InChI=1S/C18H21NO2S/c20-17(15-5-2-1-3-6-15)12-16-7-4-9-19(16)18(21)11-14-8-10-22-13-14/h1-3,5-6,8,10,13,16-17,20H,4,7,9,11-12H2/t16-,17+/m0/s1. The van der Waals surface area contributed by atoms with Gasteiger partial charge in [-0.25, -0.2) is 0 Å². The van der Waals surface area contributed by atoms with Crippen molar-refractivity contribution in [2.75, 3.05) is 6.54 Å². The van der Waals surface area contributed by atoms with E-state index in [4.69, 9.17) is 0 Å². The van der Waals surface area contributed by atoms with Crippen molar-refractivity contribution in [3.63, 3.8) is 0 Å². The van der Waals surface area contributed by atoms with Gasteiger partial charge in [-0.15, -0.1) is 0 Å². The molecule has 2 aromatic rings. The molecule has 0 saturated carbocycles. The first kappa shape index (κ1) is 15.3. The van der Waals surface area contributed by atoms with Gasteiger partial charge in [0.1, 0.15) is 0 Å². The van der Waals surface area contributed by atoms with Gasteiger partial charge in [-0.05, 0) is 47.2 Å². The molecule has 0 radical (unpaired) electrons. The van der Waals surface area contributed by atoms with Crippen LogP contribution in [0.25, 0.3) is 0 Å². The Morgan fingerprint density at radius 1 is 1.32 bits per heavy atom. The molecule has 0 unspecified atom stereocenters. The SMILES string of the molecule is O=C(Cc1ccsc1)N1CCC[C@H]1C[C@@H](O)c1ccccc1. The molecule has 116 valence electrons. The lowest BCUT2D eigenvalue weighted by Crippen LogP contribution is -2.37. The van der Waals surface area contributed by atoms with Crippen LogP contribution in [0.1, 0.15) is 36.5 Å². The first-order valence-electron chi connectivity index (χ1n) is 7.77. The fourth-order valence-corrected chi connectivity index (χ4v) is 3.82. The van der Waals surface area contributed by atoms with E-state index in [9.17, 15) is 9.90 Å². The van der Waals surface area contributed by atoms with Crippen LogP contribution in [0.15, 0.2) is 47.2 Å². The number of benzene rings is 1. The number of aliphatic hydroxyl groups is 1. The molecule has 1 aromatic heterocycles. The topological polar surface area (TPSA) is 40.5 Å². The first-order chi connectivity index (χ1) is 10.7. The zero-order valence-corrected chi connectivity index (χ0v) is 13.3. The van der Waals surface area contributed by atoms with Gasteiger partial charge in [-0.2, -0.15) is 11.3 Å². The predicted octanol–water partition coefficient (Wildman–Crippen LogP) is 3.41. The second-order valence-corrected chi connectivity index (χ2v) is 6.63. The quantitative estimate of drug-likeness (QED) is 0.918. The van der Waals surface area contributed by atoms with E-state index in [0.29, 0.717) is 12.8 Å². The Kier molecular flexibility index (Phi) is 4.90. The molecule has 1 amide bonds. The fraction of sp³-hybridized carbons (Fsp3) is 0.389. The number of thiophene rings is 1. The van der Waals surface area contributed by atoms with Gasteiger partial charge in [-0.3, -0.25) is 4.79 Å². The third kappa shape index (κ3) is 3.57. The zero-order chi connectivity index (χ0) is 15.4. The molecule has 1 aliphatic rings. The van der Waals surface area contributed by atoms with Crippen LogP contribution in [0.2, 0.25) is 0 Å². The molecule has 2 heterocycles. The van der Waals surface area contributed by atoms with Gasteiger partial charge < -0.3 is 10.0 Å². The average molecular weight is 315 g/mol. The highest BCUT2D eigenvalue weighted by atomic mass is 32.1. The maximum atomic E-state index is 12.5. The lowest BCUT2D eigenvalue weighted by atomic mass is 10.0. The van der Waals surface area contributed by atoms with Crippen molar-refractivity contribution in [3.8, 4) is 0 Å². The van der Waals surface area contributed by atoms with E-state index in [-0.39, 0.29) is 11.9 Å². The lowest BCUT2D eigenvalue weighted by Gasteiger charge is -2.26. The van der Waals surface area contributed by atoms with Crippen molar-refractivity contribution in [2.45, 2.75) is 37.8 Å². The van der Waals surface area contributed by atoms with Crippen LogP contribution in [-0.4, -0.2) is 28.5 Å². The number of carbonyl (C=O) groups is 1. The zero-order valence-electron chi connectivity index (χ0n) is 12.5. The van der Waals surface area contributed by atoms with Crippen molar-refractivity contribution in [1.82, 2.24) is 4.90 Å². The van der Waals surface area contributed by atoms with E-state index in [1.807, 2.05) is 52.1 Å². The number of likely N-dealkylation sites (tertiary alicyclic amines) is 1. The monoisotopic (exact) mass is 315 g/mol. The summed E-state index contributed by atoms with van der Waals surface area (Å²) in [6.07, 6.45) is 2.61. The number of aliphatic hydroxyl groups excluding tert-OH is 1. The van der Waals surface area contributed by atoms with E-state index < -0.39 is 6.10 Å². The lowest BCUT2D eigenvalue weighted by molar-refractivity contribution is -0.131. The Balaban J connectivity index is 1.62. The molecule has 4 heteroatoms. The molecule has 0 bridgehead atoms. The minimum Gasteiger partial charge on any atom is -0.388 e. The van der Waals surface area contributed by atoms with Crippen LogP contribution in [0.5, 0.6) is 0 Å². The maximum absolute atomic E-state index is 12.5. The van der Waals surface area contributed by atoms with Crippen molar-refractivity contribution in [2.24, 2.45) is 0 Å². The van der Waals surface area contributed by atoms with Gasteiger partial charge in [0.25, 0.3) is 0 Å². The average Bonchev–Trinajstić information content (AvgIpc) is 3.19.